The van der Waals surface area contributed by atoms with Crippen LogP contribution < -0.4 is 10.2 Å². The van der Waals surface area contributed by atoms with Crippen LogP contribution in [0.5, 0.6) is 0 Å². The van der Waals surface area contributed by atoms with E-state index < -0.39 is 5.97 Å². The summed E-state index contributed by atoms with van der Waals surface area (Å²) in [7, 11) is 0. The maximum atomic E-state index is 12.3. The molecule has 124 valence electrons. The summed E-state index contributed by atoms with van der Waals surface area (Å²) in [5, 5.41) is 11.9. The molecule has 24 heavy (non-hydrogen) atoms. The number of amides is 1. The Labute approximate surface area is 138 Å². The van der Waals surface area contributed by atoms with Gasteiger partial charge in [0.25, 0.3) is 5.91 Å². The molecule has 0 aliphatic carbocycles. The molecular weight excluding hydrogens is 310 g/mol. The summed E-state index contributed by atoms with van der Waals surface area (Å²) < 4.78 is 0. The van der Waals surface area contributed by atoms with Crippen molar-refractivity contribution in [2.24, 2.45) is 0 Å². The average molecular weight is 327 g/mol. The minimum absolute atomic E-state index is 0.0449. The van der Waals surface area contributed by atoms with E-state index in [1.54, 1.807) is 18.5 Å². The van der Waals surface area contributed by atoms with Crippen molar-refractivity contribution in [2.75, 3.05) is 18.0 Å². The van der Waals surface area contributed by atoms with Gasteiger partial charge in [-0.3, -0.25) is 4.79 Å². The Morgan fingerprint density at radius 2 is 2.00 bits per heavy atom. The molecule has 0 saturated carbocycles. The van der Waals surface area contributed by atoms with Gasteiger partial charge >= 0.3 is 5.97 Å². The molecule has 0 radical (unpaired) electrons. The molecule has 1 aliphatic rings. The maximum absolute atomic E-state index is 12.3. The third-order valence-electron chi connectivity index (χ3n) is 3.83. The molecule has 1 amide bonds. The number of pyridine rings is 1. The molecule has 1 fully saturated rings. The Kier molecular flexibility index (Phi) is 4.64. The molecule has 1 atom stereocenters. The van der Waals surface area contributed by atoms with Crippen LogP contribution in [0.15, 0.2) is 36.8 Å². The smallest absolute Gasteiger partial charge is 0.354 e. The number of carboxylic acids is 1. The number of hydrogen-bond acceptors (Lipinski definition) is 6. The van der Waals surface area contributed by atoms with Gasteiger partial charge < -0.3 is 15.3 Å². The number of hydrogen-bond donors (Lipinski definition) is 2. The van der Waals surface area contributed by atoms with E-state index in [2.05, 4.69) is 20.3 Å². The zero-order valence-electron chi connectivity index (χ0n) is 12.9. The molecule has 2 aromatic rings. The summed E-state index contributed by atoms with van der Waals surface area (Å²) in [6, 6.07) is 4.49. The highest BCUT2D eigenvalue weighted by atomic mass is 16.4. The lowest BCUT2D eigenvalue weighted by Gasteiger charge is -2.33. The number of nitrogens with zero attached hydrogens (tertiary/aromatic N) is 4. The molecule has 2 N–H and O–H groups in total. The number of nitrogens with one attached hydrogen (secondary N) is 1. The zero-order chi connectivity index (χ0) is 16.9. The van der Waals surface area contributed by atoms with Gasteiger partial charge in [-0.1, -0.05) is 0 Å². The summed E-state index contributed by atoms with van der Waals surface area (Å²) in [6.45, 7) is 1.46. The summed E-state index contributed by atoms with van der Waals surface area (Å²) in [6.07, 6.45) is 6.47. The highest BCUT2D eigenvalue weighted by Gasteiger charge is 2.23. The van der Waals surface area contributed by atoms with E-state index in [1.807, 2.05) is 4.90 Å². The van der Waals surface area contributed by atoms with Gasteiger partial charge in [-0.15, -0.1) is 0 Å². The van der Waals surface area contributed by atoms with E-state index in [4.69, 9.17) is 5.11 Å². The molecule has 0 spiro atoms. The monoisotopic (exact) mass is 327 g/mol. The highest BCUT2D eigenvalue weighted by Crippen LogP contribution is 2.15. The number of carbonyl (C=O) groups is 2. The van der Waals surface area contributed by atoms with Crippen LogP contribution in [0.4, 0.5) is 5.95 Å². The Bertz CT molecular complexity index is 738. The van der Waals surface area contributed by atoms with Gasteiger partial charge in [0, 0.05) is 43.3 Å². The summed E-state index contributed by atoms with van der Waals surface area (Å²) in [5.41, 5.74) is 0.140. The van der Waals surface area contributed by atoms with Crippen molar-refractivity contribution in [2.45, 2.75) is 18.9 Å². The Morgan fingerprint density at radius 3 is 2.75 bits per heavy atom. The number of carboxylic acid groups (broad SMARTS) is 1. The fourth-order valence-electron chi connectivity index (χ4n) is 2.69. The minimum atomic E-state index is -1.16. The van der Waals surface area contributed by atoms with Crippen LogP contribution in [0.2, 0.25) is 0 Å². The molecule has 8 nitrogen and oxygen atoms in total. The van der Waals surface area contributed by atoms with Crippen molar-refractivity contribution in [1.82, 2.24) is 20.3 Å². The molecule has 3 rings (SSSR count). The lowest BCUT2D eigenvalue weighted by molar-refractivity contribution is 0.0690. The first kappa shape index (κ1) is 15.9. The topological polar surface area (TPSA) is 108 Å². The fourth-order valence-corrected chi connectivity index (χ4v) is 2.69. The third kappa shape index (κ3) is 3.65. The van der Waals surface area contributed by atoms with Crippen molar-refractivity contribution in [1.29, 1.82) is 0 Å². The first-order chi connectivity index (χ1) is 11.6. The molecule has 8 heteroatoms. The Balaban J connectivity index is 1.66. The van der Waals surface area contributed by atoms with Gasteiger partial charge in [-0.05, 0) is 31.0 Å². The van der Waals surface area contributed by atoms with Crippen LogP contribution in [0.1, 0.15) is 33.7 Å². The van der Waals surface area contributed by atoms with Crippen LogP contribution in [0, 0.1) is 0 Å². The SMILES string of the molecule is O=C(NC1CCCN(c2ncccn2)C1)c1ccnc(C(=O)O)c1. The van der Waals surface area contributed by atoms with Crippen molar-refractivity contribution in [3.05, 3.63) is 48.0 Å². The average Bonchev–Trinajstić information content (AvgIpc) is 2.63. The number of anilines is 1. The van der Waals surface area contributed by atoms with Gasteiger partial charge in [0.15, 0.2) is 0 Å². The lowest BCUT2D eigenvalue weighted by Crippen LogP contribution is -2.48. The molecule has 0 aromatic carbocycles. The van der Waals surface area contributed by atoms with Crippen LogP contribution in [0.3, 0.4) is 0 Å². The van der Waals surface area contributed by atoms with Gasteiger partial charge in [0.1, 0.15) is 5.69 Å². The molecule has 1 saturated heterocycles. The lowest BCUT2D eigenvalue weighted by atomic mass is 10.1. The van der Waals surface area contributed by atoms with Crippen molar-refractivity contribution >= 4 is 17.8 Å². The number of aromatic carboxylic acids is 1. The highest BCUT2D eigenvalue weighted by molar-refractivity contribution is 5.96. The second-order valence-electron chi connectivity index (χ2n) is 5.54. The summed E-state index contributed by atoms with van der Waals surface area (Å²) >= 11 is 0. The van der Waals surface area contributed by atoms with Crippen molar-refractivity contribution in [3.8, 4) is 0 Å². The van der Waals surface area contributed by atoms with E-state index >= 15 is 0 Å². The summed E-state index contributed by atoms with van der Waals surface area (Å²) in [5.74, 6) is -0.816. The molecule has 2 aromatic heterocycles. The van der Waals surface area contributed by atoms with E-state index in [1.165, 1.54) is 18.3 Å². The number of aromatic nitrogens is 3. The Morgan fingerprint density at radius 1 is 1.21 bits per heavy atom. The van der Waals surface area contributed by atoms with Gasteiger partial charge in [0.2, 0.25) is 5.95 Å². The van der Waals surface area contributed by atoms with Crippen molar-refractivity contribution < 1.29 is 14.7 Å². The quantitative estimate of drug-likeness (QED) is 0.861. The number of rotatable bonds is 4. The van der Waals surface area contributed by atoms with Crippen LogP contribution in [-0.4, -0.2) is 51.1 Å². The molecule has 1 unspecified atom stereocenters. The standard InChI is InChI=1S/C16H17N5O3/c22-14(11-4-7-17-13(9-11)15(23)24)20-12-3-1-8-21(10-12)16-18-5-2-6-19-16/h2,4-7,9,12H,1,3,8,10H2,(H,20,22)(H,23,24). The maximum Gasteiger partial charge on any atom is 0.354 e. The first-order valence-corrected chi connectivity index (χ1v) is 7.65. The van der Waals surface area contributed by atoms with Crippen molar-refractivity contribution in [3.63, 3.8) is 0 Å². The third-order valence-corrected chi connectivity index (χ3v) is 3.83. The predicted molar refractivity (Wildman–Crippen MR) is 85.9 cm³/mol. The second kappa shape index (κ2) is 7.03. The second-order valence-corrected chi connectivity index (χ2v) is 5.54. The van der Waals surface area contributed by atoms with E-state index in [0.717, 1.165) is 19.4 Å². The van der Waals surface area contributed by atoms with Crippen LogP contribution >= 0.6 is 0 Å². The van der Waals surface area contributed by atoms with Crippen LogP contribution in [0.25, 0.3) is 0 Å². The fraction of sp³-hybridized carbons (Fsp3) is 0.312. The Hall–Kier alpha value is -3.03. The molecule has 1 aliphatic heterocycles. The van der Waals surface area contributed by atoms with Gasteiger partial charge in [0.05, 0.1) is 0 Å². The minimum Gasteiger partial charge on any atom is -0.477 e. The largest absolute Gasteiger partial charge is 0.477 e. The van der Waals surface area contributed by atoms with Gasteiger partial charge in [-0.2, -0.15) is 0 Å². The molecule has 3 heterocycles. The van der Waals surface area contributed by atoms with E-state index in [0.29, 0.717) is 12.5 Å². The normalized spacial score (nSPS) is 17.3. The number of piperidine rings is 1. The van der Waals surface area contributed by atoms with E-state index in [-0.39, 0.29) is 23.2 Å². The van der Waals surface area contributed by atoms with E-state index in [9.17, 15) is 9.59 Å². The molecular formula is C16H17N5O3. The predicted octanol–water partition coefficient (Wildman–Crippen LogP) is 0.969. The number of carbonyl (C=O) groups excluding carboxylic acids is 1. The summed E-state index contributed by atoms with van der Waals surface area (Å²) in [4.78, 5) is 37.5. The van der Waals surface area contributed by atoms with Crippen LogP contribution in [-0.2, 0) is 0 Å². The zero-order valence-corrected chi connectivity index (χ0v) is 12.9. The van der Waals surface area contributed by atoms with Gasteiger partial charge in [-0.25, -0.2) is 19.7 Å². The molecule has 0 bridgehead atoms. The first-order valence-electron chi connectivity index (χ1n) is 7.65.